The molecule has 1 aromatic carbocycles. The van der Waals surface area contributed by atoms with E-state index in [9.17, 15) is 4.79 Å². The first-order chi connectivity index (χ1) is 8.54. The maximum atomic E-state index is 10.8. The third-order valence-corrected chi connectivity index (χ3v) is 2.42. The minimum atomic E-state index is -1.26. The molecule has 0 aliphatic heterocycles. The second-order valence-electron chi connectivity index (χ2n) is 3.28. The van der Waals surface area contributed by atoms with Gasteiger partial charge in [0.15, 0.2) is 0 Å². The summed E-state index contributed by atoms with van der Waals surface area (Å²) in [6, 6.07) is 7.25. The Morgan fingerprint density at radius 3 is 2.78 bits per heavy atom. The fourth-order valence-corrected chi connectivity index (χ4v) is 1.64. The highest BCUT2D eigenvalue weighted by atomic mass is 79.9. The average molecular weight is 310 g/mol. The standard InChI is InChI=1S/C10H8BrN5O2/c11-5-2-1-3-6(4-5)13-10-15-7(8(17)18)14-9(12)16-10/h1-4H,(H,17,18)(H3,12,13,14,15,16). The van der Waals surface area contributed by atoms with Crippen LogP contribution in [0.4, 0.5) is 17.6 Å². The lowest BCUT2D eigenvalue weighted by atomic mass is 10.3. The molecule has 0 aliphatic rings. The molecule has 0 atom stereocenters. The molecular formula is C10H8BrN5O2. The molecule has 0 saturated heterocycles. The van der Waals surface area contributed by atoms with Crippen LogP contribution in [-0.4, -0.2) is 26.0 Å². The van der Waals surface area contributed by atoms with Gasteiger partial charge in [-0.1, -0.05) is 22.0 Å². The zero-order valence-electron chi connectivity index (χ0n) is 8.96. The Hall–Kier alpha value is -2.22. The van der Waals surface area contributed by atoms with Crippen molar-refractivity contribution in [3.05, 3.63) is 34.6 Å². The number of anilines is 3. The number of nitrogen functional groups attached to an aromatic ring is 1. The summed E-state index contributed by atoms with van der Waals surface area (Å²) in [5.74, 6) is -1.74. The van der Waals surface area contributed by atoms with E-state index in [1.54, 1.807) is 12.1 Å². The highest BCUT2D eigenvalue weighted by molar-refractivity contribution is 9.10. The predicted molar refractivity (Wildman–Crippen MR) is 68.6 cm³/mol. The fourth-order valence-electron chi connectivity index (χ4n) is 1.24. The normalized spacial score (nSPS) is 10.1. The number of benzene rings is 1. The van der Waals surface area contributed by atoms with Crippen molar-refractivity contribution in [2.24, 2.45) is 0 Å². The van der Waals surface area contributed by atoms with Crippen LogP contribution in [0.3, 0.4) is 0 Å². The number of hydrogen-bond donors (Lipinski definition) is 3. The molecule has 8 heteroatoms. The Morgan fingerprint density at radius 1 is 1.33 bits per heavy atom. The SMILES string of the molecule is Nc1nc(Nc2cccc(Br)c2)nc(C(=O)O)n1. The molecule has 0 unspecified atom stereocenters. The zero-order chi connectivity index (χ0) is 13.1. The van der Waals surface area contributed by atoms with Crippen molar-refractivity contribution in [1.29, 1.82) is 0 Å². The maximum Gasteiger partial charge on any atom is 0.374 e. The summed E-state index contributed by atoms with van der Waals surface area (Å²) >= 11 is 3.32. The Labute approximate surface area is 110 Å². The number of nitrogens with one attached hydrogen (secondary N) is 1. The van der Waals surface area contributed by atoms with Gasteiger partial charge in [0, 0.05) is 10.2 Å². The predicted octanol–water partition coefficient (Wildman–Crippen LogP) is 1.66. The van der Waals surface area contributed by atoms with Gasteiger partial charge in [0.05, 0.1) is 0 Å². The Kier molecular flexibility index (Phi) is 3.38. The van der Waals surface area contributed by atoms with E-state index >= 15 is 0 Å². The van der Waals surface area contributed by atoms with Gasteiger partial charge in [0.2, 0.25) is 17.7 Å². The lowest BCUT2D eigenvalue weighted by Gasteiger charge is -2.05. The number of halogens is 1. The molecular weight excluding hydrogens is 302 g/mol. The van der Waals surface area contributed by atoms with Crippen LogP contribution in [0.1, 0.15) is 10.6 Å². The molecule has 7 nitrogen and oxygen atoms in total. The smallest absolute Gasteiger partial charge is 0.374 e. The lowest BCUT2D eigenvalue weighted by molar-refractivity contribution is 0.0683. The van der Waals surface area contributed by atoms with Gasteiger partial charge < -0.3 is 16.2 Å². The van der Waals surface area contributed by atoms with Crippen LogP contribution >= 0.6 is 15.9 Å². The largest absolute Gasteiger partial charge is 0.475 e. The molecule has 0 aliphatic carbocycles. The number of aromatic nitrogens is 3. The molecule has 4 N–H and O–H groups in total. The number of hydrogen-bond acceptors (Lipinski definition) is 6. The number of nitrogens with zero attached hydrogens (tertiary/aromatic N) is 3. The van der Waals surface area contributed by atoms with Crippen LogP contribution in [0, 0.1) is 0 Å². The van der Waals surface area contributed by atoms with Crippen molar-refractivity contribution in [2.45, 2.75) is 0 Å². The van der Waals surface area contributed by atoms with E-state index in [2.05, 4.69) is 36.2 Å². The molecule has 2 rings (SSSR count). The van der Waals surface area contributed by atoms with Crippen LogP contribution in [0.2, 0.25) is 0 Å². The van der Waals surface area contributed by atoms with Crippen molar-refractivity contribution in [1.82, 2.24) is 15.0 Å². The van der Waals surface area contributed by atoms with E-state index in [-0.39, 0.29) is 11.9 Å². The maximum absolute atomic E-state index is 10.8. The van der Waals surface area contributed by atoms with E-state index < -0.39 is 11.8 Å². The third kappa shape index (κ3) is 2.92. The van der Waals surface area contributed by atoms with Gasteiger partial charge in [0.25, 0.3) is 0 Å². The summed E-state index contributed by atoms with van der Waals surface area (Å²) in [6.07, 6.45) is 0. The molecule has 0 amide bonds. The number of rotatable bonds is 3. The van der Waals surface area contributed by atoms with E-state index in [0.29, 0.717) is 5.69 Å². The summed E-state index contributed by atoms with van der Waals surface area (Å²) in [4.78, 5) is 21.8. The molecule has 18 heavy (non-hydrogen) atoms. The summed E-state index contributed by atoms with van der Waals surface area (Å²) in [6.45, 7) is 0. The van der Waals surface area contributed by atoms with Crippen LogP contribution in [0.15, 0.2) is 28.7 Å². The minimum Gasteiger partial charge on any atom is -0.475 e. The molecule has 1 aromatic heterocycles. The van der Waals surface area contributed by atoms with E-state index in [0.717, 1.165) is 4.47 Å². The number of carboxylic acid groups (broad SMARTS) is 1. The third-order valence-electron chi connectivity index (χ3n) is 1.92. The first kappa shape index (κ1) is 12.2. The average Bonchev–Trinajstić information content (AvgIpc) is 2.28. The van der Waals surface area contributed by atoms with E-state index in [1.807, 2.05) is 12.1 Å². The number of carboxylic acids is 1. The highest BCUT2D eigenvalue weighted by Crippen LogP contribution is 2.18. The van der Waals surface area contributed by atoms with Gasteiger partial charge >= 0.3 is 5.97 Å². The van der Waals surface area contributed by atoms with Gasteiger partial charge in [-0.05, 0) is 18.2 Å². The lowest BCUT2D eigenvalue weighted by Crippen LogP contribution is -2.11. The van der Waals surface area contributed by atoms with Crippen molar-refractivity contribution < 1.29 is 9.90 Å². The van der Waals surface area contributed by atoms with Crippen LogP contribution in [-0.2, 0) is 0 Å². The number of nitrogens with two attached hydrogens (primary N) is 1. The number of carbonyl (C=O) groups is 1. The zero-order valence-corrected chi connectivity index (χ0v) is 10.5. The summed E-state index contributed by atoms with van der Waals surface area (Å²) < 4.78 is 0.869. The van der Waals surface area contributed by atoms with Crippen molar-refractivity contribution in [3.63, 3.8) is 0 Å². The van der Waals surface area contributed by atoms with E-state index in [1.165, 1.54) is 0 Å². The van der Waals surface area contributed by atoms with E-state index in [4.69, 9.17) is 10.8 Å². The van der Waals surface area contributed by atoms with Crippen molar-refractivity contribution >= 4 is 39.5 Å². The molecule has 0 saturated carbocycles. The summed E-state index contributed by atoms with van der Waals surface area (Å²) in [5.41, 5.74) is 6.11. The Bertz CT molecular complexity index is 605. The molecule has 1 heterocycles. The monoisotopic (exact) mass is 309 g/mol. The summed E-state index contributed by atoms with van der Waals surface area (Å²) in [5, 5.41) is 11.6. The molecule has 2 aromatic rings. The second-order valence-corrected chi connectivity index (χ2v) is 4.20. The quantitative estimate of drug-likeness (QED) is 0.789. The Balaban J connectivity index is 2.31. The highest BCUT2D eigenvalue weighted by Gasteiger charge is 2.11. The van der Waals surface area contributed by atoms with Gasteiger partial charge in [-0.25, -0.2) is 4.79 Å². The van der Waals surface area contributed by atoms with Crippen molar-refractivity contribution in [3.8, 4) is 0 Å². The molecule has 0 radical (unpaired) electrons. The van der Waals surface area contributed by atoms with Gasteiger partial charge in [-0.15, -0.1) is 0 Å². The van der Waals surface area contributed by atoms with Crippen molar-refractivity contribution in [2.75, 3.05) is 11.1 Å². The summed E-state index contributed by atoms with van der Waals surface area (Å²) in [7, 11) is 0. The van der Waals surface area contributed by atoms with Gasteiger partial charge in [0.1, 0.15) is 0 Å². The molecule has 92 valence electrons. The van der Waals surface area contributed by atoms with Crippen LogP contribution in [0.25, 0.3) is 0 Å². The molecule has 0 fully saturated rings. The Morgan fingerprint density at radius 2 is 2.11 bits per heavy atom. The minimum absolute atomic E-state index is 0.0815. The second kappa shape index (κ2) is 4.96. The molecule has 0 bridgehead atoms. The first-order valence-electron chi connectivity index (χ1n) is 4.82. The van der Waals surface area contributed by atoms with Crippen LogP contribution in [0.5, 0.6) is 0 Å². The fraction of sp³-hybridized carbons (Fsp3) is 0. The number of aromatic carboxylic acids is 1. The molecule has 0 spiro atoms. The van der Waals surface area contributed by atoms with Gasteiger partial charge in [-0.2, -0.15) is 15.0 Å². The van der Waals surface area contributed by atoms with Crippen LogP contribution < -0.4 is 11.1 Å². The van der Waals surface area contributed by atoms with Gasteiger partial charge in [-0.3, -0.25) is 0 Å². The first-order valence-corrected chi connectivity index (χ1v) is 5.61. The topological polar surface area (TPSA) is 114 Å².